The zero-order valence-electron chi connectivity index (χ0n) is 19.4. The number of benzene rings is 1. The van der Waals surface area contributed by atoms with Crippen molar-refractivity contribution in [2.75, 3.05) is 38.1 Å². The van der Waals surface area contributed by atoms with Gasteiger partial charge in [0.05, 0.1) is 5.00 Å². The summed E-state index contributed by atoms with van der Waals surface area (Å²) < 4.78 is 0. The molecule has 0 saturated carbocycles. The molecule has 2 fully saturated rings. The molecule has 7 heteroatoms. The molecule has 1 atom stereocenters. The molecule has 1 unspecified atom stereocenters. The summed E-state index contributed by atoms with van der Waals surface area (Å²) in [5.41, 5.74) is 2.81. The van der Waals surface area contributed by atoms with Crippen LogP contribution in [0.1, 0.15) is 43.7 Å². The average Bonchev–Trinajstić information content (AvgIpc) is 3.33. The molecule has 0 spiro atoms. The summed E-state index contributed by atoms with van der Waals surface area (Å²) in [5.74, 6) is 1.73. The Morgan fingerprint density at radius 3 is 2.53 bits per heavy atom. The van der Waals surface area contributed by atoms with Gasteiger partial charge in [0.15, 0.2) is 5.96 Å². The summed E-state index contributed by atoms with van der Waals surface area (Å²) in [6, 6.07) is 13.7. The lowest BCUT2D eigenvalue weighted by Crippen LogP contribution is -2.48. The Kier molecular flexibility index (Phi) is 10.1. The van der Waals surface area contributed by atoms with E-state index < -0.39 is 0 Å². The van der Waals surface area contributed by atoms with E-state index >= 15 is 0 Å². The summed E-state index contributed by atoms with van der Waals surface area (Å²) >= 11 is 1.83. The fraction of sp³-hybridized carbons (Fsp3) is 0.560. The normalized spacial score (nSPS) is 20.6. The smallest absolute Gasteiger partial charge is 0.191 e. The summed E-state index contributed by atoms with van der Waals surface area (Å²) in [6.45, 7) is 8.88. The number of thiophene rings is 1. The van der Waals surface area contributed by atoms with Crippen molar-refractivity contribution in [3.63, 3.8) is 0 Å². The summed E-state index contributed by atoms with van der Waals surface area (Å²) in [4.78, 5) is 9.60. The maximum Gasteiger partial charge on any atom is 0.191 e. The minimum Gasteiger partial charge on any atom is -0.363 e. The fourth-order valence-corrected chi connectivity index (χ4v) is 5.60. The van der Waals surface area contributed by atoms with E-state index in [0.717, 1.165) is 50.9 Å². The first-order valence-corrected chi connectivity index (χ1v) is 12.6. The molecule has 3 heterocycles. The lowest BCUT2D eigenvalue weighted by atomic mass is 9.99. The van der Waals surface area contributed by atoms with Crippen LogP contribution in [0.4, 0.5) is 5.00 Å². The Morgan fingerprint density at radius 2 is 1.84 bits per heavy atom. The van der Waals surface area contributed by atoms with Crippen LogP contribution in [0.25, 0.3) is 0 Å². The van der Waals surface area contributed by atoms with Crippen molar-refractivity contribution >= 4 is 46.3 Å². The highest BCUT2D eigenvalue weighted by molar-refractivity contribution is 14.0. The van der Waals surface area contributed by atoms with Crippen LogP contribution in [-0.2, 0) is 13.1 Å². The highest BCUT2D eigenvalue weighted by Gasteiger charge is 2.21. The van der Waals surface area contributed by atoms with Crippen LogP contribution in [0.2, 0.25) is 0 Å². The molecule has 2 aliphatic heterocycles. The highest BCUT2D eigenvalue weighted by Crippen LogP contribution is 2.25. The molecule has 4 rings (SSSR count). The van der Waals surface area contributed by atoms with Crippen molar-refractivity contribution in [2.45, 2.75) is 51.7 Å². The van der Waals surface area contributed by atoms with Gasteiger partial charge in [0.25, 0.3) is 0 Å². The summed E-state index contributed by atoms with van der Waals surface area (Å²) in [6.07, 6.45) is 4.97. The zero-order valence-corrected chi connectivity index (χ0v) is 22.6. The molecule has 2 saturated heterocycles. The van der Waals surface area contributed by atoms with E-state index in [2.05, 4.69) is 74.1 Å². The van der Waals surface area contributed by atoms with Crippen molar-refractivity contribution < 1.29 is 0 Å². The Morgan fingerprint density at radius 1 is 1.06 bits per heavy atom. The number of halogens is 1. The van der Waals surface area contributed by atoms with Gasteiger partial charge in [-0.1, -0.05) is 31.2 Å². The second-order valence-corrected chi connectivity index (χ2v) is 9.96. The Balaban J connectivity index is 0.00000289. The van der Waals surface area contributed by atoms with Gasteiger partial charge < -0.3 is 15.5 Å². The number of likely N-dealkylation sites (tertiary alicyclic amines) is 1. The third-order valence-electron chi connectivity index (χ3n) is 6.58. The number of rotatable bonds is 6. The number of hydrogen-bond acceptors (Lipinski definition) is 4. The average molecular weight is 568 g/mol. The largest absolute Gasteiger partial charge is 0.363 e. The fourth-order valence-electron chi connectivity index (χ4n) is 4.82. The molecule has 176 valence electrons. The third kappa shape index (κ3) is 7.09. The van der Waals surface area contributed by atoms with Gasteiger partial charge >= 0.3 is 0 Å². The van der Waals surface area contributed by atoms with Crippen LogP contribution in [0.3, 0.4) is 0 Å². The molecule has 2 aliphatic rings. The van der Waals surface area contributed by atoms with Crippen LogP contribution in [0.15, 0.2) is 46.8 Å². The lowest BCUT2D eigenvalue weighted by molar-refractivity contribution is 0.176. The van der Waals surface area contributed by atoms with E-state index in [4.69, 9.17) is 0 Å². The number of guanidine groups is 1. The van der Waals surface area contributed by atoms with Crippen molar-refractivity contribution in [1.29, 1.82) is 0 Å². The highest BCUT2D eigenvalue weighted by atomic mass is 127. The Labute approximate surface area is 214 Å². The molecule has 5 nitrogen and oxygen atoms in total. The number of piperidine rings is 2. The monoisotopic (exact) mass is 567 g/mol. The maximum absolute atomic E-state index is 4.49. The van der Waals surface area contributed by atoms with Gasteiger partial charge in [-0.05, 0) is 66.8 Å². The molecule has 32 heavy (non-hydrogen) atoms. The van der Waals surface area contributed by atoms with E-state index in [1.807, 2.05) is 18.4 Å². The van der Waals surface area contributed by atoms with E-state index in [1.54, 1.807) is 0 Å². The number of nitrogens with one attached hydrogen (secondary N) is 2. The minimum atomic E-state index is 0. The second-order valence-electron chi connectivity index (χ2n) is 9.03. The van der Waals surface area contributed by atoms with Crippen molar-refractivity contribution in [3.8, 4) is 0 Å². The molecule has 0 amide bonds. The van der Waals surface area contributed by atoms with Gasteiger partial charge in [0.2, 0.25) is 0 Å². The molecule has 2 aromatic rings. The van der Waals surface area contributed by atoms with E-state index in [1.165, 1.54) is 42.1 Å². The Hall–Kier alpha value is -1.32. The number of nitrogens with zero attached hydrogens (tertiary/aromatic N) is 3. The second kappa shape index (κ2) is 12.8. The standard InChI is InChI=1S/C25H37N5S.HI/c1-20-7-5-13-29(18-20)19-22-9-4-3-8-21(22)17-27-25(26-2)28-23-11-14-30(15-12-23)24-10-6-16-31-24;/h3-4,6,8-10,16,20,23H,5,7,11-15,17-19H2,1-2H3,(H2,26,27,28);1H. The quantitative estimate of drug-likeness (QED) is 0.295. The van der Waals surface area contributed by atoms with Crippen LogP contribution in [0, 0.1) is 5.92 Å². The van der Waals surface area contributed by atoms with Gasteiger partial charge in [-0.2, -0.15) is 0 Å². The number of anilines is 1. The molecule has 0 aliphatic carbocycles. The van der Waals surface area contributed by atoms with E-state index in [9.17, 15) is 0 Å². The van der Waals surface area contributed by atoms with E-state index in [0.29, 0.717) is 6.04 Å². The van der Waals surface area contributed by atoms with Crippen molar-refractivity contribution in [2.24, 2.45) is 10.9 Å². The van der Waals surface area contributed by atoms with Gasteiger partial charge in [-0.3, -0.25) is 9.89 Å². The van der Waals surface area contributed by atoms with Crippen LogP contribution in [-0.4, -0.2) is 50.1 Å². The molecular weight excluding hydrogens is 529 g/mol. The lowest BCUT2D eigenvalue weighted by Gasteiger charge is -2.33. The predicted molar refractivity (Wildman–Crippen MR) is 148 cm³/mol. The van der Waals surface area contributed by atoms with Gasteiger partial charge in [0, 0.05) is 45.8 Å². The molecule has 1 aromatic heterocycles. The minimum absolute atomic E-state index is 0. The number of aliphatic imine (C=N–C) groups is 1. The molecule has 1 aromatic carbocycles. The van der Waals surface area contributed by atoms with Crippen LogP contribution >= 0.6 is 35.3 Å². The molecular formula is C25H38IN5S. The number of hydrogen-bond donors (Lipinski definition) is 2. The first-order valence-electron chi connectivity index (χ1n) is 11.8. The maximum atomic E-state index is 4.49. The van der Waals surface area contributed by atoms with Gasteiger partial charge in [0.1, 0.15) is 0 Å². The van der Waals surface area contributed by atoms with E-state index in [-0.39, 0.29) is 24.0 Å². The third-order valence-corrected chi connectivity index (χ3v) is 7.51. The topological polar surface area (TPSA) is 42.9 Å². The SMILES string of the molecule is CN=C(NCc1ccccc1CN1CCCC(C)C1)NC1CCN(c2cccs2)CC1.I. The zero-order chi connectivity index (χ0) is 21.5. The van der Waals surface area contributed by atoms with Crippen LogP contribution in [0.5, 0.6) is 0 Å². The van der Waals surface area contributed by atoms with Crippen molar-refractivity contribution in [3.05, 3.63) is 52.9 Å². The predicted octanol–water partition coefficient (Wildman–Crippen LogP) is 4.93. The first-order chi connectivity index (χ1) is 15.2. The summed E-state index contributed by atoms with van der Waals surface area (Å²) in [5, 5.41) is 10.8. The molecule has 0 radical (unpaired) electrons. The van der Waals surface area contributed by atoms with Gasteiger partial charge in [-0.25, -0.2) is 0 Å². The van der Waals surface area contributed by atoms with Crippen LogP contribution < -0.4 is 15.5 Å². The summed E-state index contributed by atoms with van der Waals surface area (Å²) in [7, 11) is 1.87. The molecule has 0 bridgehead atoms. The van der Waals surface area contributed by atoms with Gasteiger partial charge in [-0.15, -0.1) is 35.3 Å². The Bertz CT molecular complexity index is 833. The molecule has 2 N–H and O–H groups in total. The van der Waals surface area contributed by atoms with Crippen molar-refractivity contribution in [1.82, 2.24) is 15.5 Å². The first kappa shape index (κ1) is 25.3.